The Morgan fingerprint density at radius 1 is 1.00 bits per heavy atom. The third kappa shape index (κ3) is 3.68. The number of benzene rings is 1. The first kappa shape index (κ1) is 14.6. The standard InChI is InChI=1S/C17H14N4O2/c1-12-10-20-15(11-19-12)16(22)21-14-8-5-9-18-17(14)23-13-6-3-2-4-7-13/h2-11H,1H3,(H,21,22). The van der Waals surface area contributed by atoms with Crippen LogP contribution in [0.4, 0.5) is 5.69 Å². The van der Waals surface area contributed by atoms with Crippen molar-refractivity contribution in [2.45, 2.75) is 6.92 Å². The quantitative estimate of drug-likeness (QED) is 0.800. The fourth-order valence-electron chi connectivity index (χ4n) is 1.86. The summed E-state index contributed by atoms with van der Waals surface area (Å²) < 4.78 is 5.70. The average Bonchev–Trinajstić information content (AvgIpc) is 2.58. The van der Waals surface area contributed by atoms with Gasteiger partial charge in [0.1, 0.15) is 17.1 Å². The van der Waals surface area contributed by atoms with Crippen molar-refractivity contribution in [1.29, 1.82) is 0 Å². The lowest BCUT2D eigenvalue weighted by Gasteiger charge is -2.10. The van der Waals surface area contributed by atoms with Gasteiger partial charge in [-0.1, -0.05) is 18.2 Å². The molecule has 0 aliphatic carbocycles. The molecule has 2 heterocycles. The van der Waals surface area contributed by atoms with Crippen molar-refractivity contribution in [2.75, 3.05) is 5.32 Å². The zero-order chi connectivity index (χ0) is 16.1. The summed E-state index contributed by atoms with van der Waals surface area (Å²) >= 11 is 0. The Morgan fingerprint density at radius 2 is 1.83 bits per heavy atom. The van der Waals surface area contributed by atoms with Crippen molar-refractivity contribution >= 4 is 11.6 Å². The van der Waals surface area contributed by atoms with Crippen LogP contribution in [0.5, 0.6) is 11.6 Å². The van der Waals surface area contributed by atoms with E-state index in [1.807, 2.05) is 37.3 Å². The molecule has 0 unspecified atom stereocenters. The van der Waals surface area contributed by atoms with Gasteiger partial charge in [0.05, 0.1) is 11.9 Å². The van der Waals surface area contributed by atoms with Gasteiger partial charge in [0.15, 0.2) is 0 Å². The van der Waals surface area contributed by atoms with Gasteiger partial charge in [-0.2, -0.15) is 0 Å². The molecule has 23 heavy (non-hydrogen) atoms. The molecule has 0 aliphatic rings. The lowest BCUT2D eigenvalue weighted by molar-refractivity contribution is 0.102. The number of hydrogen-bond donors (Lipinski definition) is 1. The van der Waals surface area contributed by atoms with Gasteiger partial charge in [0.25, 0.3) is 5.91 Å². The molecule has 0 aliphatic heterocycles. The minimum Gasteiger partial charge on any atom is -0.437 e. The number of carbonyl (C=O) groups excluding carboxylic acids is 1. The predicted octanol–water partition coefficient (Wildman–Crippen LogP) is 3.22. The van der Waals surface area contributed by atoms with E-state index in [-0.39, 0.29) is 11.6 Å². The van der Waals surface area contributed by atoms with Gasteiger partial charge in [-0.05, 0) is 31.2 Å². The normalized spacial score (nSPS) is 10.1. The number of nitrogens with one attached hydrogen (secondary N) is 1. The summed E-state index contributed by atoms with van der Waals surface area (Å²) in [7, 11) is 0. The lowest BCUT2D eigenvalue weighted by atomic mass is 10.3. The molecule has 3 rings (SSSR count). The van der Waals surface area contributed by atoms with Gasteiger partial charge in [-0.3, -0.25) is 9.78 Å². The summed E-state index contributed by atoms with van der Waals surface area (Å²) in [4.78, 5) is 24.5. The summed E-state index contributed by atoms with van der Waals surface area (Å²) in [6, 6.07) is 12.7. The molecule has 0 saturated heterocycles. The van der Waals surface area contributed by atoms with Crippen LogP contribution in [-0.4, -0.2) is 20.9 Å². The van der Waals surface area contributed by atoms with E-state index in [1.54, 1.807) is 24.5 Å². The highest BCUT2D eigenvalue weighted by Crippen LogP contribution is 2.26. The molecule has 0 saturated carbocycles. The summed E-state index contributed by atoms with van der Waals surface area (Å²) in [5, 5.41) is 2.74. The number of anilines is 1. The van der Waals surface area contributed by atoms with Gasteiger partial charge in [0, 0.05) is 12.4 Å². The van der Waals surface area contributed by atoms with E-state index in [0.29, 0.717) is 17.3 Å². The average molecular weight is 306 g/mol. The second kappa shape index (κ2) is 6.65. The molecule has 0 radical (unpaired) electrons. The Morgan fingerprint density at radius 3 is 2.57 bits per heavy atom. The van der Waals surface area contributed by atoms with Crippen LogP contribution in [0.25, 0.3) is 0 Å². The van der Waals surface area contributed by atoms with Crippen LogP contribution in [-0.2, 0) is 0 Å². The summed E-state index contributed by atoms with van der Waals surface area (Å²) in [6.45, 7) is 1.81. The first-order valence-electron chi connectivity index (χ1n) is 7.00. The highest BCUT2D eigenvalue weighted by Gasteiger charge is 2.12. The van der Waals surface area contributed by atoms with E-state index >= 15 is 0 Å². The molecule has 114 valence electrons. The molecule has 2 aromatic heterocycles. The predicted molar refractivity (Wildman–Crippen MR) is 85.5 cm³/mol. The first-order chi connectivity index (χ1) is 11.2. The van der Waals surface area contributed by atoms with Crippen molar-refractivity contribution in [1.82, 2.24) is 15.0 Å². The summed E-state index contributed by atoms with van der Waals surface area (Å²) in [5.74, 6) is 0.576. The van der Waals surface area contributed by atoms with Gasteiger partial charge in [-0.15, -0.1) is 0 Å². The largest absolute Gasteiger partial charge is 0.437 e. The molecule has 1 amide bonds. The number of ether oxygens (including phenoxy) is 1. The summed E-state index contributed by atoms with van der Waals surface area (Å²) in [6.07, 6.45) is 4.57. The van der Waals surface area contributed by atoms with Crippen LogP contribution in [0.2, 0.25) is 0 Å². The molecule has 1 N–H and O–H groups in total. The summed E-state index contributed by atoms with van der Waals surface area (Å²) in [5.41, 5.74) is 1.44. The number of para-hydroxylation sites is 1. The molecular weight excluding hydrogens is 292 g/mol. The van der Waals surface area contributed by atoms with E-state index in [9.17, 15) is 4.79 Å². The highest BCUT2D eigenvalue weighted by atomic mass is 16.5. The number of hydrogen-bond acceptors (Lipinski definition) is 5. The van der Waals surface area contributed by atoms with Crippen molar-refractivity contribution in [2.24, 2.45) is 0 Å². The number of carbonyl (C=O) groups is 1. The zero-order valence-electron chi connectivity index (χ0n) is 12.4. The van der Waals surface area contributed by atoms with Crippen molar-refractivity contribution in [3.8, 4) is 11.6 Å². The molecule has 0 spiro atoms. The molecule has 1 aromatic carbocycles. The van der Waals surface area contributed by atoms with Crippen molar-refractivity contribution in [3.63, 3.8) is 0 Å². The van der Waals surface area contributed by atoms with Crippen molar-refractivity contribution in [3.05, 3.63) is 72.4 Å². The molecule has 3 aromatic rings. The molecule has 0 atom stereocenters. The third-order valence-electron chi connectivity index (χ3n) is 2.99. The monoisotopic (exact) mass is 306 g/mol. The van der Waals surface area contributed by atoms with Crippen LogP contribution in [0, 0.1) is 6.92 Å². The second-order valence-electron chi connectivity index (χ2n) is 4.77. The Kier molecular flexibility index (Phi) is 4.24. The number of nitrogens with zero attached hydrogens (tertiary/aromatic N) is 3. The Balaban J connectivity index is 1.80. The van der Waals surface area contributed by atoms with Crippen LogP contribution in [0.3, 0.4) is 0 Å². The number of pyridine rings is 1. The van der Waals surface area contributed by atoms with E-state index < -0.39 is 0 Å². The lowest BCUT2D eigenvalue weighted by Crippen LogP contribution is -2.15. The maximum absolute atomic E-state index is 12.2. The Hall–Kier alpha value is -3.28. The first-order valence-corrected chi connectivity index (χ1v) is 7.00. The fraction of sp³-hybridized carbons (Fsp3) is 0.0588. The van der Waals surface area contributed by atoms with Gasteiger partial charge in [-0.25, -0.2) is 9.97 Å². The van der Waals surface area contributed by atoms with Crippen LogP contribution >= 0.6 is 0 Å². The zero-order valence-corrected chi connectivity index (χ0v) is 12.4. The molecule has 6 nitrogen and oxygen atoms in total. The third-order valence-corrected chi connectivity index (χ3v) is 2.99. The maximum Gasteiger partial charge on any atom is 0.276 e. The van der Waals surface area contributed by atoms with E-state index in [1.165, 1.54) is 6.20 Å². The van der Waals surface area contributed by atoms with E-state index in [4.69, 9.17) is 4.74 Å². The molecule has 6 heteroatoms. The Bertz CT molecular complexity index is 804. The van der Waals surface area contributed by atoms with E-state index in [0.717, 1.165) is 5.69 Å². The van der Waals surface area contributed by atoms with Crippen LogP contribution in [0.1, 0.15) is 16.2 Å². The molecular formula is C17H14N4O2. The molecule has 0 bridgehead atoms. The number of aromatic nitrogens is 3. The van der Waals surface area contributed by atoms with Crippen LogP contribution in [0.15, 0.2) is 61.1 Å². The highest BCUT2D eigenvalue weighted by molar-refractivity contribution is 6.03. The van der Waals surface area contributed by atoms with E-state index in [2.05, 4.69) is 20.3 Å². The topological polar surface area (TPSA) is 77.0 Å². The SMILES string of the molecule is Cc1cnc(C(=O)Nc2cccnc2Oc2ccccc2)cn1. The minimum atomic E-state index is -0.372. The van der Waals surface area contributed by atoms with Gasteiger partial charge < -0.3 is 10.1 Å². The van der Waals surface area contributed by atoms with Crippen molar-refractivity contribution < 1.29 is 9.53 Å². The number of amides is 1. The number of rotatable bonds is 4. The number of aryl methyl sites for hydroxylation is 1. The smallest absolute Gasteiger partial charge is 0.276 e. The second-order valence-corrected chi connectivity index (χ2v) is 4.77. The van der Waals surface area contributed by atoms with Gasteiger partial charge in [0.2, 0.25) is 5.88 Å². The minimum absolute atomic E-state index is 0.227. The van der Waals surface area contributed by atoms with Gasteiger partial charge >= 0.3 is 0 Å². The van der Waals surface area contributed by atoms with Crippen LogP contribution < -0.4 is 10.1 Å². The fourth-order valence-corrected chi connectivity index (χ4v) is 1.86. The Labute approximate surface area is 133 Å². The maximum atomic E-state index is 12.2. The molecule has 0 fully saturated rings.